The minimum atomic E-state index is 0.177. The number of hydrogen-bond donors (Lipinski definition) is 0. The van der Waals surface area contributed by atoms with E-state index in [1.165, 1.54) is 5.56 Å². The first kappa shape index (κ1) is 15.7. The number of nitrogens with zero attached hydrogens (tertiary/aromatic N) is 3. The molecule has 1 spiro atoms. The Morgan fingerprint density at radius 1 is 1.18 bits per heavy atom. The molecule has 1 aliphatic carbocycles. The van der Waals surface area contributed by atoms with Gasteiger partial charge in [0.1, 0.15) is 5.69 Å². The molecular weight excluding hydrogens is 274 g/mol. The number of Topliss-reactive ketones (excluding diaryl/α,β-unsaturated/α-hetero) is 1. The van der Waals surface area contributed by atoms with Gasteiger partial charge in [-0.2, -0.15) is 5.10 Å². The largest absolute Gasteiger partial charge is 0.298 e. The number of fused-ring (bicyclic) bond motifs is 1. The van der Waals surface area contributed by atoms with Crippen LogP contribution in [0.15, 0.2) is 6.20 Å². The smallest absolute Gasteiger partial charge is 0.181 e. The van der Waals surface area contributed by atoms with E-state index >= 15 is 0 Å². The van der Waals surface area contributed by atoms with Crippen molar-refractivity contribution in [3.63, 3.8) is 0 Å². The number of carbonyl (C=O) groups excluding carboxylic acids is 1. The highest BCUT2D eigenvalue weighted by molar-refractivity contribution is 5.97. The fraction of sp³-hybridized carbons (Fsp3) is 0.778. The van der Waals surface area contributed by atoms with E-state index in [-0.39, 0.29) is 17.0 Å². The topological polar surface area (TPSA) is 38.1 Å². The molecule has 0 saturated carbocycles. The molecule has 2 heterocycles. The van der Waals surface area contributed by atoms with E-state index in [9.17, 15) is 4.79 Å². The average molecular weight is 303 g/mol. The summed E-state index contributed by atoms with van der Waals surface area (Å²) in [5, 5.41) is 4.47. The van der Waals surface area contributed by atoms with E-state index in [4.69, 9.17) is 0 Å². The third-order valence-electron chi connectivity index (χ3n) is 5.50. The van der Waals surface area contributed by atoms with Crippen LogP contribution in [-0.2, 0) is 6.42 Å². The summed E-state index contributed by atoms with van der Waals surface area (Å²) in [5.41, 5.74) is 2.46. The highest BCUT2D eigenvalue weighted by Crippen LogP contribution is 2.44. The van der Waals surface area contributed by atoms with Crippen LogP contribution in [0.2, 0.25) is 0 Å². The lowest BCUT2D eigenvalue weighted by Gasteiger charge is -2.47. The van der Waals surface area contributed by atoms with Gasteiger partial charge in [-0.1, -0.05) is 0 Å². The second-order valence-electron chi connectivity index (χ2n) is 8.49. The van der Waals surface area contributed by atoms with Crippen LogP contribution in [0.1, 0.15) is 76.0 Å². The monoisotopic (exact) mass is 303 g/mol. The number of likely N-dealkylation sites (tertiary alicyclic amines) is 1. The summed E-state index contributed by atoms with van der Waals surface area (Å²) >= 11 is 0. The highest BCUT2D eigenvalue weighted by Gasteiger charge is 2.43. The molecule has 4 heteroatoms. The van der Waals surface area contributed by atoms with Crippen LogP contribution >= 0.6 is 0 Å². The minimum absolute atomic E-state index is 0.177. The zero-order valence-corrected chi connectivity index (χ0v) is 14.6. The summed E-state index contributed by atoms with van der Waals surface area (Å²) in [6.07, 6.45) is 5.92. The molecule has 4 nitrogen and oxygen atoms in total. The van der Waals surface area contributed by atoms with Gasteiger partial charge in [0, 0.05) is 23.6 Å². The Morgan fingerprint density at radius 3 is 2.36 bits per heavy atom. The van der Waals surface area contributed by atoms with E-state index in [2.05, 4.69) is 44.6 Å². The lowest BCUT2D eigenvalue weighted by molar-refractivity contribution is 0.0334. The van der Waals surface area contributed by atoms with E-state index in [0.29, 0.717) is 12.2 Å². The zero-order valence-electron chi connectivity index (χ0n) is 14.6. The SMILES string of the molecule is CC(C)n1ncc2c1C(=O)CC1(CCN(C(C)(C)C)CC1)C2. The van der Waals surface area contributed by atoms with Crippen molar-refractivity contribution in [2.75, 3.05) is 13.1 Å². The highest BCUT2D eigenvalue weighted by atomic mass is 16.1. The van der Waals surface area contributed by atoms with E-state index in [0.717, 1.165) is 38.0 Å². The Bertz CT molecular complexity index is 572. The van der Waals surface area contributed by atoms with Crippen molar-refractivity contribution >= 4 is 5.78 Å². The molecule has 1 saturated heterocycles. The first-order valence-electron chi connectivity index (χ1n) is 8.56. The summed E-state index contributed by atoms with van der Waals surface area (Å²) in [6, 6.07) is 0.254. The Kier molecular flexibility index (Phi) is 3.71. The second kappa shape index (κ2) is 5.19. The van der Waals surface area contributed by atoms with Crippen molar-refractivity contribution in [1.82, 2.24) is 14.7 Å². The summed E-state index contributed by atoms with van der Waals surface area (Å²) < 4.78 is 1.91. The van der Waals surface area contributed by atoms with Crippen molar-refractivity contribution in [2.24, 2.45) is 5.41 Å². The van der Waals surface area contributed by atoms with Crippen LogP contribution in [0.3, 0.4) is 0 Å². The standard InChI is InChI=1S/C18H29N3O/c1-13(2)21-16-14(12-19-21)10-18(11-15(16)22)6-8-20(9-7-18)17(3,4)5/h12-13H,6-11H2,1-5H3. The van der Waals surface area contributed by atoms with Crippen LogP contribution in [0.25, 0.3) is 0 Å². The maximum Gasteiger partial charge on any atom is 0.181 e. The summed E-state index contributed by atoms with van der Waals surface area (Å²) in [7, 11) is 0. The Hall–Kier alpha value is -1.16. The van der Waals surface area contributed by atoms with Crippen LogP contribution < -0.4 is 0 Å². The lowest BCUT2D eigenvalue weighted by Crippen LogP contribution is -2.50. The second-order valence-corrected chi connectivity index (χ2v) is 8.49. The van der Waals surface area contributed by atoms with Crippen LogP contribution in [0, 0.1) is 5.41 Å². The fourth-order valence-electron chi connectivity index (χ4n) is 4.12. The molecule has 0 radical (unpaired) electrons. The summed E-state index contributed by atoms with van der Waals surface area (Å²) in [4.78, 5) is 15.3. The Balaban J connectivity index is 1.81. The van der Waals surface area contributed by atoms with Gasteiger partial charge in [0.15, 0.2) is 5.78 Å². The first-order chi connectivity index (χ1) is 10.2. The molecule has 122 valence electrons. The normalized spacial score (nSPS) is 22.4. The van der Waals surface area contributed by atoms with E-state index in [1.807, 2.05) is 10.9 Å². The molecule has 0 atom stereocenters. The van der Waals surface area contributed by atoms with Gasteiger partial charge < -0.3 is 0 Å². The van der Waals surface area contributed by atoms with Gasteiger partial charge in [0.2, 0.25) is 0 Å². The maximum atomic E-state index is 12.7. The van der Waals surface area contributed by atoms with Gasteiger partial charge in [-0.15, -0.1) is 0 Å². The quantitative estimate of drug-likeness (QED) is 0.797. The molecule has 22 heavy (non-hydrogen) atoms. The number of ketones is 1. The van der Waals surface area contributed by atoms with Crippen molar-refractivity contribution in [1.29, 1.82) is 0 Å². The summed E-state index contributed by atoms with van der Waals surface area (Å²) in [6.45, 7) is 13.2. The number of hydrogen-bond acceptors (Lipinski definition) is 3. The molecular formula is C18H29N3O. The fourth-order valence-corrected chi connectivity index (χ4v) is 4.12. The van der Waals surface area contributed by atoms with E-state index < -0.39 is 0 Å². The number of aromatic nitrogens is 2. The molecule has 0 unspecified atom stereocenters. The predicted molar refractivity (Wildman–Crippen MR) is 88.3 cm³/mol. The van der Waals surface area contributed by atoms with Crippen LogP contribution in [-0.4, -0.2) is 39.1 Å². The molecule has 3 rings (SSSR count). The van der Waals surface area contributed by atoms with E-state index in [1.54, 1.807) is 0 Å². The number of piperidine rings is 1. The third kappa shape index (κ3) is 2.62. The van der Waals surface area contributed by atoms with Crippen molar-refractivity contribution in [2.45, 2.75) is 71.9 Å². The van der Waals surface area contributed by atoms with Crippen molar-refractivity contribution in [3.05, 3.63) is 17.5 Å². The van der Waals surface area contributed by atoms with Crippen molar-refractivity contribution < 1.29 is 4.79 Å². The van der Waals surface area contributed by atoms with Gasteiger partial charge in [0.25, 0.3) is 0 Å². The number of carbonyl (C=O) groups is 1. The lowest BCUT2D eigenvalue weighted by atomic mass is 9.66. The Morgan fingerprint density at radius 2 is 1.82 bits per heavy atom. The van der Waals surface area contributed by atoms with Crippen LogP contribution in [0.5, 0.6) is 0 Å². The molecule has 0 amide bonds. The summed E-state index contributed by atoms with van der Waals surface area (Å²) in [5.74, 6) is 0.302. The minimum Gasteiger partial charge on any atom is -0.298 e. The van der Waals surface area contributed by atoms with Gasteiger partial charge in [-0.3, -0.25) is 14.4 Å². The first-order valence-corrected chi connectivity index (χ1v) is 8.56. The van der Waals surface area contributed by atoms with Gasteiger partial charge in [0.05, 0.1) is 6.20 Å². The Labute approximate surface area is 133 Å². The molecule has 1 aliphatic heterocycles. The third-order valence-corrected chi connectivity index (χ3v) is 5.50. The average Bonchev–Trinajstić information content (AvgIpc) is 2.82. The number of rotatable bonds is 1. The predicted octanol–water partition coefficient (Wildman–Crippen LogP) is 3.47. The maximum absolute atomic E-state index is 12.7. The van der Waals surface area contributed by atoms with Gasteiger partial charge >= 0.3 is 0 Å². The van der Waals surface area contributed by atoms with Crippen molar-refractivity contribution in [3.8, 4) is 0 Å². The zero-order chi connectivity index (χ0) is 16.1. The molecule has 0 N–H and O–H groups in total. The van der Waals surface area contributed by atoms with Gasteiger partial charge in [-0.25, -0.2) is 0 Å². The molecule has 2 aliphatic rings. The van der Waals surface area contributed by atoms with Gasteiger partial charge in [-0.05, 0) is 72.4 Å². The van der Waals surface area contributed by atoms with Crippen LogP contribution in [0.4, 0.5) is 0 Å². The molecule has 0 bridgehead atoms. The molecule has 1 aromatic heterocycles. The molecule has 1 aromatic rings. The molecule has 1 fully saturated rings. The molecule has 0 aromatic carbocycles.